The van der Waals surface area contributed by atoms with E-state index >= 15 is 0 Å². The first-order valence-electron chi connectivity index (χ1n) is 7.99. The number of benzene rings is 1. The van der Waals surface area contributed by atoms with E-state index in [1.807, 2.05) is 6.07 Å². The fourth-order valence-corrected chi connectivity index (χ4v) is 2.50. The summed E-state index contributed by atoms with van der Waals surface area (Å²) in [5.41, 5.74) is 0.837. The predicted molar refractivity (Wildman–Crippen MR) is 86.3 cm³/mol. The Labute approximate surface area is 132 Å². The Balaban J connectivity index is 2.78. The zero-order valence-electron chi connectivity index (χ0n) is 13.7. The molecule has 1 rings (SSSR count). The first-order chi connectivity index (χ1) is 10.5. The van der Waals surface area contributed by atoms with E-state index in [0.717, 1.165) is 18.4 Å². The Morgan fingerprint density at radius 3 is 2.55 bits per heavy atom. The van der Waals surface area contributed by atoms with Crippen molar-refractivity contribution in [3.63, 3.8) is 0 Å². The quantitative estimate of drug-likeness (QED) is 0.415. The van der Waals surface area contributed by atoms with Crippen LogP contribution in [0.1, 0.15) is 68.8 Å². The monoisotopic (exact) mass is 306 g/mol. The highest BCUT2D eigenvalue weighted by Crippen LogP contribution is 2.27. The highest BCUT2D eigenvalue weighted by molar-refractivity contribution is 5.92. The van der Waals surface area contributed by atoms with E-state index in [2.05, 4.69) is 13.8 Å². The molecular formula is C18H26O4. The minimum absolute atomic E-state index is 0.0475. The van der Waals surface area contributed by atoms with Crippen molar-refractivity contribution in [2.45, 2.75) is 59.3 Å². The molecule has 0 amide bonds. The van der Waals surface area contributed by atoms with Crippen LogP contribution in [0.15, 0.2) is 18.2 Å². The number of carboxylic acids is 1. The van der Waals surface area contributed by atoms with Gasteiger partial charge < -0.3 is 9.84 Å². The van der Waals surface area contributed by atoms with Gasteiger partial charge in [-0.25, -0.2) is 4.79 Å². The average Bonchev–Trinajstić information content (AvgIpc) is 2.45. The van der Waals surface area contributed by atoms with Crippen molar-refractivity contribution >= 4 is 11.9 Å². The van der Waals surface area contributed by atoms with Gasteiger partial charge in [-0.15, -0.1) is 0 Å². The van der Waals surface area contributed by atoms with Crippen molar-refractivity contribution in [3.8, 4) is 5.75 Å². The third-order valence-corrected chi connectivity index (χ3v) is 3.78. The average molecular weight is 306 g/mol. The number of hydrogen-bond acceptors (Lipinski definition) is 3. The molecule has 0 saturated carbocycles. The van der Waals surface area contributed by atoms with E-state index in [9.17, 15) is 14.7 Å². The zero-order valence-corrected chi connectivity index (χ0v) is 13.7. The van der Waals surface area contributed by atoms with E-state index < -0.39 is 11.9 Å². The van der Waals surface area contributed by atoms with Crippen LogP contribution >= 0.6 is 0 Å². The summed E-state index contributed by atoms with van der Waals surface area (Å²) in [4.78, 5) is 22.5. The smallest absolute Gasteiger partial charge is 0.339 e. The van der Waals surface area contributed by atoms with Gasteiger partial charge >= 0.3 is 11.9 Å². The lowest BCUT2D eigenvalue weighted by atomic mass is 9.94. The van der Waals surface area contributed by atoms with Gasteiger partial charge in [0.05, 0.1) is 0 Å². The number of carbonyl (C=O) groups is 2. The minimum Gasteiger partial charge on any atom is -0.478 e. The van der Waals surface area contributed by atoms with Crippen LogP contribution < -0.4 is 4.74 Å². The van der Waals surface area contributed by atoms with Crippen LogP contribution in [0.5, 0.6) is 5.75 Å². The second-order valence-corrected chi connectivity index (χ2v) is 5.83. The molecule has 1 atom stereocenters. The van der Waals surface area contributed by atoms with Gasteiger partial charge in [0.25, 0.3) is 0 Å². The SMILES string of the molecule is CCCCCC(C)CCc1cccc(C(=O)O)c1OC(C)=O. The number of hydrogen-bond donors (Lipinski definition) is 1. The molecule has 1 unspecified atom stereocenters. The highest BCUT2D eigenvalue weighted by Gasteiger charge is 2.17. The second-order valence-electron chi connectivity index (χ2n) is 5.83. The molecule has 122 valence electrons. The first-order valence-corrected chi connectivity index (χ1v) is 7.99. The topological polar surface area (TPSA) is 63.6 Å². The molecule has 0 fully saturated rings. The van der Waals surface area contributed by atoms with E-state index in [-0.39, 0.29) is 11.3 Å². The van der Waals surface area contributed by atoms with E-state index in [1.165, 1.54) is 38.7 Å². The fourth-order valence-electron chi connectivity index (χ4n) is 2.50. The summed E-state index contributed by atoms with van der Waals surface area (Å²) in [7, 11) is 0. The van der Waals surface area contributed by atoms with Crippen LogP contribution in [0.3, 0.4) is 0 Å². The molecule has 1 N–H and O–H groups in total. The summed E-state index contributed by atoms with van der Waals surface area (Å²) in [6.07, 6.45) is 6.54. The van der Waals surface area contributed by atoms with Gasteiger partial charge in [-0.2, -0.15) is 0 Å². The Morgan fingerprint density at radius 2 is 1.95 bits per heavy atom. The molecule has 22 heavy (non-hydrogen) atoms. The number of aromatic carboxylic acids is 1. The molecule has 0 bridgehead atoms. The summed E-state index contributed by atoms with van der Waals surface area (Å²) in [6.45, 7) is 5.69. The van der Waals surface area contributed by atoms with Gasteiger partial charge in [0.1, 0.15) is 11.3 Å². The number of para-hydroxylation sites is 1. The van der Waals surface area contributed by atoms with Crippen LogP contribution in [0.25, 0.3) is 0 Å². The van der Waals surface area contributed by atoms with Crippen molar-refractivity contribution in [1.29, 1.82) is 0 Å². The van der Waals surface area contributed by atoms with E-state index in [0.29, 0.717) is 5.92 Å². The van der Waals surface area contributed by atoms with Crippen molar-refractivity contribution in [2.75, 3.05) is 0 Å². The summed E-state index contributed by atoms with van der Waals surface area (Å²) in [5, 5.41) is 9.23. The van der Waals surface area contributed by atoms with Crippen molar-refractivity contribution in [3.05, 3.63) is 29.3 Å². The minimum atomic E-state index is -1.07. The maximum Gasteiger partial charge on any atom is 0.339 e. The van der Waals surface area contributed by atoms with Crippen molar-refractivity contribution in [2.24, 2.45) is 5.92 Å². The zero-order chi connectivity index (χ0) is 16.5. The molecule has 0 saturated heterocycles. The lowest BCUT2D eigenvalue weighted by Crippen LogP contribution is -2.10. The molecule has 0 aliphatic carbocycles. The number of rotatable bonds is 9. The molecule has 1 aromatic carbocycles. The molecule has 4 heteroatoms. The number of esters is 1. The second kappa shape index (κ2) is 9.23. The van der Waals surface area contributed by atoms with Crippen LogP contribution in [0.4, 0.5) is 0 Å². The molecule has 0 aliphatic heterocycles. The molecule has 0 aliphatic rings. The number of ether oxygens (including phenoxy) is 1. The van der Waals surface area contributed by atoms with Gasteiger partial charge in [-0.1, -0.05) is 51.7 Å². The highest BCUT2D eigenvalue weighted by atomic mass is 16.5. The van der Waals surface area contributed by atoms with Crippen LogP contribution in [-0.2, 0) is 11.2 Å². The molecule has 0 radical (unpaired) electrons. The number of aryl methyl sites for hydroxylation is 1. The maximum atomic E-state index is 11.3. The Hall–Kier alpha value is -1.84. The summed E-state index contributed by atoms with van der Waals surface area (Å²) in [6, 6.07) is 5.01. The number of carbonyl (C=O) groups excluding carboxylic acids is 1. The Kier molecular flexibility index (Phi) is 7.64. The van der Waals surface area contributed by atoms with Crippen LogP contribution in [0.2, 0.25) is 0 Å². The summed E-state index contributed by atoms with van der Waals surface area (Å²) >= 11 is 0. The predicted octanol–water partition coefficient (Wildman–Crippen LogP) is 4.46. The van der Waals surface area contributed by atoms with Crippen LogP contribution in [0, 0.1) is 5.92 Å². The third-order valence-electron chi connectivity index (χ3n) is 3.78. The molecule has 0 heterocycles. The van der Waals surface area contributed by atoms with E-state index in [4.69, 9.17) is 4.74 Å². The molecule has 0 aromatic heterocycles. The number of carboxylic acid groups (broad SMARTS) is 1. The lowest BCUT2D eigenvalue weighted by molar-refractivity contribution is -0.131. The largest absolute Gasteiger partial charge is 0.478 e. The first kappa shape index (κ1) is 18.2. The van der Waals surface area contributed by atoms with Gasteiger partial charge in [0, 0.05) is 6.92 Å². The van der Waals surface area contributed by atoms with Gasteiger partial charge in [0.2, 0.25) is 0 Å². The summed E-state index contributed by atoms with van der Waals surface area (Å²) < 4.78 is 5.15. The third kappa shape index (κ3) is 5.88. The fraction of sp³-hybridized carbons (Fsp3) is 0.556. The van der Waals surface area contributed by atoms with E-state index in [1.54, 1.807) is 6.07 Å². The maximum absolute atomic E-state index is 11.3. The molecular weight excluding hydrogens is 280 g/mol. The standard InChI is InChI=1S/C18H26O4/c1-4-5-6-8-13(2)11-12-15-9-7-10-16(18(20)21)17(15)22-14(3)19/h7,9-10,13H,4-6,8,11-12H2,1-3H3,(H,20,21). The normalized spacial score (nSPS) is 12.0. The van der Waals surface area contributed by atoms with Gasteiger partial charge in [-0.05, 0) is 30.4 Å². The Morgan fingerprint density at radius 1 is 1.23 bits per heavy atom. The van der Waals surface area contributed by atoms with Crippen molar-refractivity contribution in [1.82, 2.24) is 0 Å². The summed E-state index contributed by atoms with van der Waals surface area (Å²) in [5.74, 6) is -0.798. The van der Waals surface area contributed by atoms with Crippen molar-refractivity contribution < 1.29 is 19.4 Å². The molecule has 4 nitrogen and oxygen atoms in total. The van der Waals surface area contributed by atoms with Gasteiger partial charge in [0.15, 0.2) is 0 Å². The molecule has 0 spiro atoms. The van der Waals surface area contributed by atoms with Crippen LogP contribution in [-0.4, -0.2) is 17.0 Å². The number of unbranched alkanes of at least 4 members (excludes halogenated alkanes) is 2. The molecule has 1 aromatic rings. The lowest BCUT2D eigenvalue weighted by Gasteiger charge is -2.14. The van der Waals surface area contributed by atoms with Gasteiger partial charge in [-0.3, -0.25) is 4.79 Å². The Bertz CT molecular complexity index is 508.